The second-order valence-electron chi connectivity index (χ2n) is 3.23. The number of hydrogen-bond acceptors (Lipinski definition) is 3. The SMILES string of the molecule is CC(C)C(=O)OC(=O)c1ccccc1. The number of rotatable bonds is 2. The molecule has 0 heterocycles. The van der Waals surface area contributed by atoms with Crippen LogP contribution in [-0.2, 0) is 9.53 Å². The van der Waals surface area contributed by atoms with Gasteiger partial charge in [0.15, 0.2) is 0 Å². The van der Waals surface area contributed by atoms with Crippen LogP contribution in [0.15, 0.2) is 30.3 Å². The second kappa shape index (κ2) is 4.56. The molecule has 0 aromatic heterocycles. The van der Waals surface area contributed by atoms with Crippen LogP contribution in [0.25, 0.3) is 0 Å². The van der Waals surface area contributed by atoms with Crippen LogP contribution in [0.4, 0.5) is 0 Å². The molecule has 0 bridgehead atoms. The van der Waals surface area contributed by atoms with Crippen LogP contribution in [0.2, 0.25) is 0 Å². The minimum atomic E-state index is -0.593. The summed E-state index contributed by atoms with van der Waals surface area (Å²) in [6.07, 6.45) is 0. The molecule has 3 nitrogen and oxygen atoms in total. The molecule has 0 radical (unpaired) electrons. The van der Waals surface area contributed by atoms with E-state index >= 15 is 0 Å². The van der Waals surface area contributed by atoms with Gasteiger partial charge in [-0.05, 0) is 12.1 Å². The van der Waals surface area contributed by atoms with Crippen LogP contribution in [0.1, 0.15) is 24.2 Å². The van der Waals surface area contributed by atoms with Crippen molar-refractivity contribution < 1.29 is 14.3 Å². The first-order valence-electron chi connectivity index (χ1n) is 4.42. The maximum atomic E-state index is 11.3. The molecule has 0 unspecified atom stereocenters. The fraction of sp³-hybridized carbons (Fsp3) is 0.273. The first kappa shape index (κ1) is 10.4. The van der Waals surface area contributed by atoms with Gasteiger partial charge in [-0.15, -0.1) is 0 Å². The average molecular weight is 192 g/mol. The van der Waals surface area contributed by atoms with Crippen LogP contribution in [-0.4, -0.2) is 11.9 Å². The van der Waals surface area contributed by atoms with Crippen molar-refractivity contribution in [3.8, 4) is 0 Å². The number of carbonyl (C=O) groups excluding carboxylic acids is 2. The molecule has 3 heteroatoms. The number of esters is 2. The van der Waals surface area contributed by atoms with Gasteiger partial charge in [-0.25, -0.2) is 4.79 Å². The Bertz CT molecular complexity index is 328. The summed E-state index contributed by atoms with van der Waals surface area (Å²) in [4.78, 5) is 22.4. The molecule has 0 saturated carbocycles. The smallest absolute Gasteiger partial charge is 0.345 e. The molecule has 1 aromatic carbocycles. The third kappa shape index (κ3) is 2.69. The number of benzene rings is 1. The molecule has 74 valence electrons. The summed E-state index contributed by atoms with van der Waals surface area (Å²) in [5.41, 5.74) is 0.390. The van der Waals surface area contributed by atoms with Gasteiger partial charge < -0.3 is 4.74 Å². The summed E-state index contributed by atoms with van der Waals surface area (Å²) in [6.45, 7) is 3.36. The lowest BCUT2D eigenvalue weighted by Crippen LogP contribution is -2.17. The van der Waals surface area contributed by atoms with E-state index in [-0.39, 0.29) is 5.92 Å². The van der Waals surface area contributed by atoms with Crippen molar-refractivity contribution in [3.63, 3.8) is 0 Å². The Morgan fingerprint density at radius 1 is 1.14 bits per heavy atom. The topological polar surface area (TPSA) is 43.4 Å². The first-order valence-corrected chi connectivity index (χ1v) is 4.42. The largest absolute Gasteiger partial charge is 0.389 e. The summed E-state index contributed by atoms with van der Waals surface area (Å²) < 4.78 is 4.62. The highest BCUT2D eigenvalue weighted by Gasteiger charge is 2.14. The Hall–Kier alpha value is -1.64. The van der Waals surface area contributed by atoms with Gasteiger partial charge in [0.2, 0.25) is 0 Å². The molecule has 0 aliphatic carbocycles. The second-order valence-corrected chi connectivity index (χ2v) is 3.23. The van der Waals surface area contributed by atoms with Crippen LogP contribution in [0.5, 0.6) is 0 Å². The lowest BCUT2D eigenvalue weighted by molar-refractivity contribution is -0.141. The molecule has 0 amide bonds. The predicted octanol–water partition coefficient (Wildman–Crippen LogP) is 2.03. The van der Waals surface area contributed by atoms with E-state index in [2.05, 4.69) is 4.74 Å². The van der Waals surface area contributed by atoms with Crippen molar-refractivity contribution in [1.82, 2.24) is 0 Å². The van der Waals surface area contributed by atoms with Crippen LogP contribution in [0.3, 0.4) is 0 Å². The Balaban J connectivity index is 2.65. The van der Waals surface area contributed by atoms with E-state index in [9.17, 15) is 9.59 Å². The Labute approximate surface area is 82.7 Å². The monoisotopic (exact) mass is 192 g/mol. The van der Waals surface area contributed by atoms with E-state index < -0.39 is 11.9 Å². The zero-order valence-corrected chi connectivity index (χ0v) is 8.19. The fourth-order valence-electron chi connectivity index (χ4n) is 0.842. The normalized spacial score (nSPS) is 9.93. The summed E-state index contributed by atoms with van der Waals surface area (Å²) in [6, 6.07) is 8.44. The minimum absolute atomic E-state index is 0.289. The molecular formula is C11H12O3. The minimum Gasteiger partial charge on any atom is -0.389 e. The van der Waals surface area contributed by atoms with Crippen LogP contribution in [0, 0.1) is 5.92 Å². The van der Waals surface area contributed by atoms with Gasteiger partial charge in [0.1, 0.15) is 0 Å². The van der Waals surface area contributed by atoms with Gasteiger partial charge in [0.25, 0.3) is 0 Å². The summed E-state index contributed by atoms with van der Waals surface area (Å²) in [7, 11) is 0. The molecule has 0 spiro atoms. The molecule has 0 saturated heterocycles. The van der Waals surface area contributed by atoms with Crippen molar-refractivity contribution in [2.75, 3.05) is 0 Å². The molecule has 0 fully saturated rings. The molecular weight excluding hydrogens is 180 g/mol. The van der Waals surface area contributed by atoms with Crippen LogP contribution >= 0.6 is 0 Å². The zero-order chi connectivity index (χ0) is 10.6. The number of carbonyl (C=O) groups is 2. The Kier molecular flexibility index (Phi) is 3.40. The zero-order valence-electron chi connectivity index (χ0n) is 8.19. The lowest BCUT2D eigenvalue weighted by atomic mass is 10.2. The summed E-state index contributed by atoms with van der Waals surface area (Å²) >= 11 is 0. The van der Waals surface area contributed by atoms with Gasteiger partial charge in [-0.1, -0.05) is 32.0 Å². The molecule has 0 aliphatic heterocycles. The summed E-state index contributed by atoms with van der Waals surface area (Å²) in [5.74, 6) is -1.38. The molecule has 1 rings (SSSR count). The highest BCUT2D eigenvalue weighted by Crippen LogP contribution is 2.04. The van der Waals surface area contributed by atoms with Crippen molar-refractivity contribution >= 4 is 11.9 Å². The van der Waals surface area contributed by atoms with E-state index in [1.807, 2.05) is 0 Å². The van der Waals surface area contributed by atoms with Crippen molar-refractivity contribution in [2.45, 2.75) is 13.8 Å². The van der Waals surface area contributed by atoms with Gasteiger partial charge in [-0.3, -0.25) is 4.79 Å². The molecule has 0 atom stereocenters. The van der Waals surface area contributed by atoms with E-state index in [1.54, 1.807) is 44.2 Å². The number of hydrogen-bond donors (Lipinski definition) is 0. The molecule has 0 aliphatic rings. The Morgan fingerprint density at radius 2 is 1.71 bits per heavy atom. The van der Waals surface area contributed by atoms with Gasteiger partial charge in [0.05, 0.1) is 11.5 Å². The van der Waals surface area contributed by atoms with Crippen molar-refractivity contribution in [1.29, 1.82) is 0 Å². The third-order valence-electron chi connectivity index (χ3n) is 1.67. The molecule has 14 heavy (non-hydrogen) atoms. The average Bonchev–Trinajstić information content (AvgIpc) is 2.19. The van der Waals surface area contributed by atoms with E-state index in [1.165, 1.54) is 0 Å². The van der Waals surface area contributed by atoms with E-state index in [0.29, 0.717) is 5.56 Å². The standard InChI is InChI=1S/C11H12O3/c1-8(2)10(12)14-11(13)9-6-4-3-5-7-9/h3-8H,1-2H3. The van der Waals surface area contributed by atoms with E-state index in [4.69, 9.17) is 0 Å². The first-order chi connectivity index (χ1) is 6.61. The van der Waals surface area contributed by atoms with Crippen molar-refractivity contribution in [2.24, 2.45) is 5.92 Å². The predicted molar refractivity (Wildman–Crippen MR) is 51.7 cm³/mol. The maximum Gasteiger partial charge on any atom is 0.345 e. The summed E-state index contributed by atoms with van der Waals surface area (Å²) in [5, 5.41) is 0. The fourth-order valence-corrected chi connectivity index (χ4v) is 0.842. The van der Waals surface area contributed by atoms with Crippen LogP contribution < -0.4 is 0 Å². The van der Waals surface area contributed by atoms with Gasteiger partial charge >= 0.3 is 11.9 Å². The number of ether oxygens (including phenoxy) is 1. The Morgan fingerprint density at radius 3 is 2.21 bits per heavy atom. The van der Waals surface area contributed by atoms with Gasteiger partial charge in [-0.2, -0.15) is 0 Å². The van der Waals surface area contributed by atoms with Gasteiger partial charge in [0, 0.05) is 0 Å². The van der Waals surface area contributed by atoms with Crippen molar-refractivity contribution in [3.05, 3.63) is 35.9 Å². The molecule has 1 aromatic rings. The highest BCUT2D eigenvalue weighted by molar-refractivity contribution is 5.97. The highest BCUT2D eigenvalue weighted by atomic mass is 16.6. The third-order valence-corrected chi connectivity index (χ3v) is 1.67. The quantitative estimate of drug-likeness (QED) is 0.532. The molecule has 0 N–H and O–H groups in total. The van der Waals surface area contributed by atoms with E-state index in [0.717, 1.165) is 0 Å². The lowest BCUT2D eigenvalue weighted by Gasteiger charge is -2.04. The maximum absolute atomic E-state index is 11.3.